The van der Waals surface area contributed by atoms with E-state index in [0.29, 0.717) is 25.9 Å². The van der Waals surface area contributed by atoms with Crippen molar-refractivity contribution in [1.29, 1.82) is 0 Å². The molecule has 4 nitrogen and oxygen atoms in total. The Morgan fingerprint density at radius 1 is 1.62 bits per heavy atom. The van der Waals surface area contributed by atoms with Gasteiger partial charge in [-0.15, -0.1) is 0 Å². The third-order valence-electron chi connectivity index (χ3n) is 2.88. The van der Waals surface area contributed by atoms with Crippen LogP contribution in [0.5, 0.6) is 0 Å². The van der Waals surface area contributed by atoms with Crippen molar-refractivity contribution in [1.82, 2.24) is 10.6 Å². The highest BCUT2D eigenvalue weighted by Gasteiger charge is 2.25. The van der Waals surface area contributed by atoms with Crippen molar-refractivity contribution in [3.63, 3.8) is 0 Å². The van der Waals surface area contributed by atoms with Gasteiger partial charge >= 0.3 is 0 Å². The Morgan fingerprint density at radius 3 is 2.81 bits per heavy atom. The van der Waals surface area contributed by atoms with Crippen LogP contribution < -0.4 is 10.6 Å². The molecule has 0 aromatic heterocycles. The number of piperidine rings is 1. The highest BCUT2D eigenvalue weighted by Crippen LogP contribution is 2.20. The van der Waals surface area contributed by atoms with E-state index in [0.717, 1.165) is 0 Å². The number of carbonyl (C=O) groups is 2. The van der Waals surface area contributed by atoms with Gasteiger partial charge in [0.25, 0.3) is 0 Å². The van der Waals surface area contributed by atoms with E-state index in [-0.39, 0.29) is 22.5 Å². The monoisotopic (exact) mass is 244 g/mol. The van der Waals surface area contributed by atoms with Crippen molar-refractivity contribution in [2.45, 2.75) is 31.4 Å². The molecule has 1 aliphatic heterocycles. The average Bonchev–Trinajstić information content (AvgIpc) is 2.27. The molecular formula is C11H20N2O2S. The van der Waals surface area contributed by atoms with Crippen molar-refractivity contribution < 1.29 is 9.59 Å². The highest BCUT2D eigenvalue weighted by atomic mass is 32.2. The van der Waals surface area contributed by atoms with E-state index in [1.807, 2.05) is 6.26 Å². The second-order valence-corrected chi connectivity index (χ2v) is 6.23. The van der Waals surface area contributed by atoms with Gasteiger partial charge in [-0.3, -0.25) is 9.59 Å². The lowest BCUT2D eigenvalue weighted by atomic mass is 9.98. The first-order chi connectivity index (χ1) is 7.44. The van der Waals surface area contributed by atoms with Gasteiger partial charge in [-0.25, -0.2) is 0 Å². The number of hydrogen-bond acceptors (Lipinski definition) is 3. The molecule has 1 saturated heterocycles. The van der Waals surface area contributed by atoms with E-state index in [1.165, 1.54) is 0 Å². The predicted molar refractivity (Wildman–Crippen MR) is 66.3 cm³/mol. The Balaban J connectivity index is 2.33. The lowest BCUT2D eigenvalue weighted by molar-refractivity contribution is -0.129. The fourth-order valence-corrected chi connectivity index (χ4v) is 1.69. The Bertz CT molecular complexity index is 269. The molecule has 1 unspecified atom stereocenters. The van der Waals surface area contributed by atoms with Crippen molar-refractivity contribution >= 4 is 23.6 Å². The summed E-state index contributed by atoms with van der Waals surface area (Å²) in [6.45, 7) is 5.34. The van der Waals surface area contributed by atoms with Crippen LogP contribution in [0.15, 0.2) is 0 Å². The van der Waals surface area contributed by atoms with Crippen molar-refractivity contribution in [3.8, 4) is 0 Å². The number of amides is 2. The summed E-state index contributed by atoms with van der Waals surface area (Å²) in [5.74, 6) is 0.0472. The maximum absolute atomic E-state index is 11.8. The van der Waals surface area contributed by atoms with E-state index in [9.17, 15) is 9.59 Å². The molecule has 16 heavy (non-hydrogen) atoms. The Labute approximate surface area is 101 Å². The minimum absolute atomic E-state index is 0.0495. The molecule has 0 aromatic rings. The van der Waals surface area contributed by atoms with Crippen LogP contribution in [0.1, 0.15) is 26.7 Å². The zero-order valence-corrected chi connectivity index (χ0v) is 10.9. The van der Waals surface area contributed by atoms with Gasteiger partial charge in [0.05, 0.1) is 5.92 Å². The van der Waals surface area contributed by atoms with E-state index in [4.69, 9.17) is 0 Å². The van der Waals surface area contributed by atoms with E-state index >= 15 is 0 Å². The molecule has 1 fully saturated rings. The fourth-order valence-electron chi connectivity index (χ4n) is 1.47. The molecule has 2 N–H and O–H groups in total. The van der Waals surface area contributed by atoms with E-state index < -0.39 is 0 Å². The summed E-state index contributed by atoms with van der Waals surface area (Å²) in [6.07, 6.45) is 3.16. The predicted octanol–water partition coefficient (Wildman–Crippen LogP) is 0.770. The van der Waals surface area contributed by atoms with Crippen LogP contribution in [0.2, 0.25) is 0 Å². The summed E-state index contributed by atoms with van der Waals surface area (Å²) in [5, 5.41) is 5.67. The molecule has 0 aliphatic carbocycles. The zero-order chi connectivity index (χ0) is 12.2. The molecule has 2 amide bonds. The maximum atomic E-state index is 11.8. The largest absolute Gasteiger partial charge is 0.355 e. The Morgan fingerprint density at radius 2 is 2.31 bits per heavy atom. The molecule has 0 spiro atoms. The zero-order valence-electron chi connectivity index (χ0n) is 10.1. The van der Waals surface area contributed by atoms with E-state index in [1.54, 1.807) is 11.8 Å². The van der Waals surface area contributed by atoms with Crippen LogP contribution in [0.25, 0.3) is 0 Å². The number of nitrogens with one attached hydrogen (secondary N) is 2. The summed E-state index contributed by atoms with van der Waals surface area (Å²) in [4.78, 5) is 22.7. The first kappa shape index (κ1) is 13.4. The summed E-state index contributed by atoms with van der Waals surface area (Å²) in [6, 6.07) is 0. The second-order valence-electron chi connectivity index (χ2n) is 4.72. The first-order valence-electron chi connectivity index (χ1n) is 5.54. The van der Waals surface area contributed by atoms with Crippen LogP contribution in [0.4, 0.5) is 0 Å². The maximum Gasteiger partial charge on any atom is 0.224 e. The van der Waals surface area contributed by atoms with Crippen LogP contribution in [0.3, 0.4) is 0 Å². The van der Waals surface area contributed by atoms with Gasteiger partial charge in [-0.2, -0.15) is 11.8 Å². The number of rotatable bonds is 4. The molecule has 5 heteroatoms. The third-order valence-corrected chi connectivity index (χ3v) is 4.13. The van der Waals surface area contributed by atoms with Crippen LogP contribution in [0, 0.1) is 5.92 Å². The van der Waals surface area contributed by atoms with Crippen LogP contribution in [-0.4, -0.2) is 35.9 Å². The topological polar surface area (TPSA) is 58.2 Å². The highest BCUT2D eigenvalue weighted by molar-refractivity contribution is 7.99. The fraction of sp³-hybridized carbons (Fsp3) is 0.818. The smallest absolute Gasteiger partial charge is 0.224 e. The molecule has 0 aromatic carbocycles. The molecule has 0 radical (unpaired) electrons. The molecule has 92 valence electrons. The van der Waals surface area contributed by atoms with Crippen molar-refractivity contribution in [2.24, 2.45) is 5.92 Å². The SMILES string of the molecule is CSC(C)(C)CNC(=O)C1CCC(=O)NC1. The quantitative estimate of drug-likeness (QED) is 0.768. The Hall–Kier alpha value is -0.710. The van der Waals surface area contributed by atoms with Crippen molar-refractivity contribution in [2.75, 3.05) is 19.3 Å². The van der Waals surface area contributed by atoms with Gasteiger partial charge in [-0.05, 0) is 26.5 Å². The number of hydrogen-bond donors (Lipinski definition) is 2. The molecule has 0 saturated carbocycles. The third kappa shape index (κ3) is 4.04. The number of thioether (sulfide) groups is 1. The molecule has 1 aliphatic rings. The second kappa shape index (κ2) is 5.57. The molecule has 1 atom stereocenters. The molecule has 1 heterocycles. The van der Waals surface area contributed by atoms with Gasteiger partial charge in [0.1, 0.15) is 0 Å². The van der Waals surface area contributed by atoms with Gasteiger partial charge in [0.2, 0.25) is 11.8 Å². The lowest BCUT2D eigenvalue weighted by Crippen LogP contribution is -2.45. The lowest BCUT2D eigenvalue weighted by Gasteiger charge is -2.26. The standard InChI is InChI=1S/C11H20N2O2S/c1-11(2,16-3)7-13-10(15)8-4-5-9(14)12-6-8/h8H,4-7H2,1-3H3,(H,12,14)(H,13,15). The molecule has 1 rings (SSSR count). The average molecular weight is 244 g/mol. The Kier molecular flexibility index (Phi) is 4.65. The summed E-state index contributed by atoms with van der Waals surface area (Å²) < 4.78 is 0.0631. The molecule has 0 bridgehead atoms. The first-order valence-corrected chi connectivity index (χ1v) is 6.76. The minimum Gasteiger partial charge on any atom is -0.355 e. The van der Waals surface area contributed by atoms with Crippen LogP contribution in [-0.2, 0) is 9.59 Å². The summed E-state index contributed by atoms with van der Waals surface area (Å²) in [7, 11) is 0. The minimum atomic E-state index is -0.0599. The normalized spacial score (nSPS) is 21.4. The molecular weight excluding hydrogens is 224 g/mol. The van der Waals surface area contributed by atoms with E-state index in [2.05, 4.69) is 24.5 Å². The van der Waals surface area contributed by atoms with Crippen molar-refractivity contribution in [3.05, 3.63) is 0 Å². The summed E-state index contributed by atoms with van der Waals surface area (Å²) >= 11 is 1.73. The van der Waals surface area contributed by atoms with Gasteiger partial charge in [0.15, 0.2) is 0 Å². The van der Waals surface area contributed by atoms with Gasteiger partial charge in [0, 0.05) is 24.3 Å². The number of carbonyl (C=O) groups excluding carboxylic acids is 2. The van der Waals surface area contributed by atoms with Gasteiger partial charge in [-0.1, -0.05) is 0 Å². The van der Waals surface area contributed by atoms with Crippen LogP contribution >= 0.6 is 11.8 Å². The van der Waals surface area contributed by atoms with Gasteiger partial charge < -0.3 is 10.6 Å². The summed E-state index contributed by atoms with van der Waals surface area (Å²) in [5.41, 5.74) is 0.